The minimum atomic E-state index is 0.508. The van der Waals surface area contributed by atoms with Crippen molar-refractivity contribution < 1.29 is 4.74 Å². The molecule has 0 unspecified atom stereocenters. The summed E-state index contributed by atoms with van der Waals surface area (Å²) in [4.78, 5) is 0. The van der Waals surface area contributed by atoms with Crippen molar-refractivity contribution >= 4 is 0 Å². The maximum absolute atomic E-state index is 5.79. The lowest BCUT2D eigenvalue weighted by atomic mass is 9.70. The summed E-state index contributed by atoms with van der Waals surface area (Å²) in [5.74, 6) is 2.85. The van der Waals surface area contributed by atoms with Crippen LogP contribution >= 0.6 is 0 Å². The molecule has 2 aliphatic rings. The molecule has 0 N–H and O–H groups in total. The van der Waals surface area contributed by atoms with E-state index >= 15 is 0 Å². The van der Waals surface area contributed by atoms with Crippen LogP contribution < -0.4 is 0 Å². The zero-order valence-corrected chi connectivity index (χ0v) is 12.5. The maximum Gasteiger partial charge on any atom is 0.0648 e. The molecule has 1 nitrogen and oxygen atoms in total. The van der Waals surface area contributed by atoms with Crippen molar-refractivity contribution in [3.05, 3.63) is 24.8 Å². The summed E-state index contributed by atoms with van der Waals surface area (Å²) in [5, 5.41) is 0. The van der Waals surface area contributed by atoms with Gasteiger partial charge in [-0.3, -0.25) is 0 Å². The van der Waals surface area contributed by atoms with Crippen molar-refractivity contribution in [3.63, 3.8) is 0 Å². The third kappa shape index (κ3) is 4.49. The zero-order valence-electron chi connectivity index (χ0n) is 12.5. The van der Waals surface area contributed by atoms with Gasteiger partial charge in [-0.2, -0.15) is 0 Å². The molecule has 0 aromatic rings. The van der Waals surface area contributed by atoms with Crippen LogP contribution in [0, 0.1) is 17.8 Å². The van der Waals surface area contributed by atoms with Gasteiger partial charge in [0.2, 0.25) is 0 Å². The number of hydrogen-bond donors (Lipinski definition) is 0. The quantitative estimate of drug-likeness (QED) is 0.624. The molecule has 2 saturated carbocycles. The Bertz CT molecular complexity index is 278. The first-order valence-electron chi connectivity index (χ1n) is 8.18. The Kier molecular flexibility index (Phi) is 6.16. The molecule has 0 aromatic heterocycles. The normalized spacial score (nSPS) is 36.5. The standard InChI is InChI=1S/C18H30O/c1-3-5-15-6-8-16(9-7-15)17-10-12-18(13-11-17)19-14-4-2/h3-5,15-18H,2,6-14H2,1H3/b5-3+/t15-,16-,17-,18-. The Balaban J connectivity index is 1.69. The molecule has 0 bridgehead atoms. The molecule has 0 amide bonds. The van der Waals surface area contributed by atoms with Crippen LogP contribution in [0.5, 0.6) is 0 Å². The predicted molar refractivity (Wildman–Crippen MR) is 82.2 cm³/mol. The second-order valence-corrected chi connectivity index (χ2v) is 6.36. The molecule has 0 heterocycles. The van der Waals surface area contributed by atoms with Gasteiger partial charge in [0.1, 0.15) is 0 Å². The molecular weight excluding hydrogens is 232 g/mol. The van der Waals surface area contributed by atoms with Crippen molar-refractivity contribution in [3.8, 4) is 0 Å². The van der Waals surface area contributed by atoms with Gasteiger partial charge in [-0.05, 0) is 76.0 Å². The van der Waals surface area contributed by atoms with Crippen molar-refractivity contribution in [1.29, 1.82) is 0 Å². The topological polar surface area (TPSA) is 9.23 Å². The van der Waals surface area contributed by atoms with Gasteiger partial charge in [-0.25, -0.2) is 0 Å². The van der Waals surface area contributed by atoms with Crippen molar-refractivity contribution in [1.82, 2.24) is 0 Å². The summed E-state index contributed by atoms with van der Waals surface area (Å²) >= 11 is 0. The highest BCUT2D eigenvalue weighted by atomic mass is 16.5. The Labute approximate surface area is 119 Å². The summed E-state index contributed by atoms with van der Waals surface area (Å²) in [5.41, 5.74) is 0. The van der Waals surface area contributed by atoms with E-state index in [0.717, 1.165) is 24.4 Å². The third-order valence-electron chi connectivity index (χ3n) is 5.12. The fourth-order valence-electron chi connectivity index (χ4n) is 4.01. The predicted octanol–water partition coefficient (Wildman–Crippen LogP) is 5.13. The molecule has 0 aromatic carbocycles. The van der Waals surface area contributed by atoms with Crippen LogP contribution in [0.1, 0.15) is 58.3 Å². The Morgan fingerprint density at radius 2 is 1.53 bits per heavy atom. The Hall–Kier alpha value is -0.560. The first-order chi connectivity index (χ1) is 9.33. The largest absolute Gasteiger partial charge is 0.374 e. The lowest BCUT2D eigenvalue weighted by Gasteiger charge is -2.37. The fraction of sp³-hybridized carbons (Fsp3) is 0.778. The number of hydrogen-bond acceptors (Lipinski definition) is 1. The van der Waals surface area contributed by atoms with Crippen LogP contribution in [-0.4, -0.2) is 12.7 Å². The summed E-state index contributed by atoms with van der Waals surface area (Å²) in [6.07, 6.45) is 18.1. The maximum atomic E-state index is 5.79. The Morgan fingerprint density at radius 3 is 2.05 bits per heavy atom. The van der Waals surface area contributed by atoms with Gasteiger partial charge in [-0.15, -0.1) is 6.58 Å². The van der Waals surface area contributed by atoms with Crippen molar-refractivity contribution in [2.75, 3.05) is 6.61 Å². The lowest BCUT2D eigenvalue weighted by molar-refractivity contribution is 0.0220. The number of allylic oxidation sites excluding steroid dienone is 2. The van der Waals surface area contributed by atoms with E-state index in [2.05, 4.69) is 25.7 Å². The molecule has 2 rings (SSSR count). The molecule has 108 valence electrons. The lowest BCUT2D eigenvalue weighted by Crippen LogP contribution is -2.28. The van der Waals surface area contributed by atoms with Crippen LogP contribution in [-0.2, 0) is 4.74 Å². The van der Waals surface area contributed by atoms with Crippen LogP contribution in [0.4, 0.5) is 0 Å². The molecule has 19 heavy (non-hydrogen) atoms. The average molecular weight is 262 g/mol. The van der Waals surface area contributed by atoms with Crippen LogP contribution in [0.25, 0.3) is 0 Å². The van der Waals surface area contributed by atoms with Gasteiger partial charge in [0.25, 0.3) is 0 Å². The first-order valence-corrected chi connectivity index (χ1v) is 8.18. The number of ether oxygens (including phenoxy) is 1. The van der Waals surface area contributed by atoms with E-state index in [1.165, 1.54) is 51.4 Å². The average Bonchev–Trinajstić information content (AvgIpc) is 2.47. The molecule has 2 fully saturated rings. The highest BCUT2D eigenvalue weighted by Gasteiger charge is 2.30. The van der Waals surface area contributed by atoms with Gasteiger partial charge < -0.3 is 4.74 Å². The minimum Gasteiger partial charge on any atom is -0.374 e. The highest BCUT2D eigenvalue weighted by Crippen LogP contribution is 2.40. The summed E-state index contributed by atoms with van der Waals surface area (Å²) in [6, 6.07) is 0. The summed E-state index contributed by atoms with van der Waals surface area (Å²) in [7, 11) is 0. The number of rotatable bonds is 5. The molecule has 0 atom stereocenters. The van der Waals surface area contributed by atoms with Crippen molar-refractivity contribution in [2.24, 2.45) is 17.8 Å². The van der Waals surface area contributed by atoms with Gasteiger partial charge >= 0.3 is 0 Å². The molecule has 0 aliphatic heterocycles. The highest BCUT2D eigenvalue weighted by molar-refractivity contribution is 4.90. The fourth-order valence-corrected chi connectivity index (χ4v) is 4.01. The molecular formula is C18H30O. The first kappa shape index (κ1) is 14.8. The van der Waals surface area contributed by atoms with E-state index in [1.807, 2.05) is 6.08 Å². The molecule has 0 radical (unpaired) electrons. The smallest absolute Gasteiger partial charge is 0.0648 e. The van der Waals surface area contributed by atoms with E-state index in [9.17, 15) is 0 Å². The van der Waals surface area contributed by atoms with Crippen molar-refractivity contribution in [2.45, 2.75) is 64.4 Å². The minimum absolute atomic E-state index is 0.508. The Morgan fingerprint density at radius 1 is 0.947 bits per heavy atom. The van der Waals surface area contributed by atoms with E-state index in [0.29, 0.717) is 6.10 Å². The molecule has 1 heteroatoms. The third-order valence-corrected chi connectivity index (χ3v) is 5.12. The van der Waals surface area contributed by atoms with E-state index in [-0.39, 0.29) is 0 Å². The monoisotopic (exact) mass is 262 g/mol. The van der Waals surface area contributed by atoms with Gasteiger partial charge in [0, 0.05) is 0 Å². The summed E-state index contributed by atoms with van der Waals surface area (Å²) < 4.78 is 5.79. The van der Waals surface area contributed by atoms with Crippen LogP contribution in [0.15, 0.2) is 24.8 Å². The van der Waals surface area contributed by atoms with Gasteiger partial charge in [0.15, 0.2) is 0 Å². The molecule has 0 saturated heterocycles. The van der Waals surface area contributed by atoms with E-state index in [4.69, 9.17) is 4.74 Å². The second kappa shape index (κ2) is 7.89. The summed E-state index contributed by atoms with van der Waals surface area (Å²) in [6.45, 7) is 6.60. The SMILES string of the molecule is C=CCO[C@H]1CC[C@H]([C@H]2CC[C@H](/C=C/C)CC2)CC1. The van der Waals surface area contributed by atoms with Crippen LogP contribution in [0.3, 0.4) is 0 Å². The second-order valence-electron chi connectivity index (χ2n) is 6.36. The van der Waals surface area contributed by atoms with Gasteiger partial charge in [0.05, 0.1) is 12.7 Å². The van der Waals surface area contributed by atoms with E-state index < -0.39 is 0 Å². The van der Waals surface area contributed by atoms with Crippen LogP contribution in [0.2, 0.25) is 0 Å². The molecule has 2 aliphatic carbocycles. The molecule has 0 spiro atoms. The van der Waals surface area contributed by atoms with Gasteiger partial charge in [-0.1, -0.05) is 18.2 Å². The van der Waals surface area contributed by atoms with E-state index in [1.54, 1.807) is 0 Å². The zero-order chi connectivity index (χ0) is 13.5.